The maximum Gasteiger partial charge on any atom is 0.229 e. The van der Waals surface area contributed by atoms with Crippen LogP contribution in [0.25, 0.3) is 10.7 Å². The van der Waals surface area contributed by atoms with Crippen LogP contribution in [0.2, 0.25) is 0 Å². The maximum atomic E-state index is 12.0. The van der Waals surface area contributed by atoms with Gasteiger partial charge in [0.25, 0.3) is 0 Å². The van der Waals surface area contributed by atoms with Crippen LogP contribution in [0.3, 0.4) is 0 Å². The van der Waals surface area contributed by atoms with Gasteiger partial charge in [-0.25, -0.2) is 4.98 Å². The van der Waals surface area contributed by atoms with Crippen LogP contribution >= 0.6 is 34.5 Å². The van der Waals surface area contributed by atoms with Gasteiger partial charge in [-0.3, -0.25) is 9.89 Å². The third kappa shape index (κ3) is 2.32. The Kier molecular flexibility index (Phi) is 3.27. The third-order valence-electron chi connectivity index (χ3n) is 3.45. The number of hydrogen-bond donors (Lipinski definition) is 2. The second-order valence-electron chi connectivity index (χ2n) is 4.98. The summed E-state index contributed by atoms with van der Waals surface area (Å²) in [6.07, 6.45) is 0.464. The molecule has 0 aliphatic heterocycles. The number of carbonyl (C=O) groups excluding carboxylic acids is 1. The van der Waals surface area contributed by atoms with Gasteiger partial charge in [-0.15, -0.1) is 34.5 Å². The molecule has 1 amide bonds. The summed E-state index contributed by atoms with van der Waals surface area (Å²) < 4.78 is -0.958. The van der Waals surface area contributed by atoms with Gasteiger partial charge in [0.1, 0.15) is 10.2 Å². The minimum absolute atomic E-state index is 0.170. The average Bonchev–Trinajstić information content (AvgIpc) is 2.92. The van der Waals surface area contributed by atoms with Gasteiger partial charge < -0.3 is 5.32 Å². The second-order valence-corrected chi connectivity index (χ2v) is 7.41. The highest BCUT2D eigenvalue weighted by Crippen LogP contribution is 2.63. The number of rotatable bonds is 4. The van der Waals surface area contributed by atoms with Crippen LogP contribution in [0.1, 0.15) is 19.2 Å². The van der Waals surface area contributed by atoms with Crippen molar-refractivity contribution in [2.24, 2.45) is 5.41 Å². The number of hydrogen-bond acceptors (Lipinski definition) is 4. The molecule has 0 spiro atoms. The fourth-order valence-electron chi connectivity index (χ4n) is 1.90. The first kappa shape index (κ1) is 13.9. The molecule has 1 saturated carbocycles. The number of H-pyrrole nitrogens is 1. The van der Waals surface area contributed by atoms with Crippen molar-refractivity contribution in [1.29, 1.82) is 0 Å². The Morgan fingerprint density at radius 2 is 2.35 bits per heavy atom. The molecule has 0 unspecified atom stereocenters. The number of carbonyl (C=O) groups is 1. The van der Waals surface area contributed by atoms with E-state index in [4.69, 9.17) is 23.2 Å². The van der Waals surface area contributed by atoms with Crippen molar-refractivity contribution in [3.05, 3.63) is 23.3 Å². The molecule has 2 aromatic heterocycles. The van der Waals surface area contributed by atoms with Crippen molar-refractivity contribution in [2.75, 3.05) is 0 Å². The number of aromatic amines is 1. The first-order valence-corrected chi connectivity index (χ1v) is 7.67. The molecule has 2 aromatic rings. The first-order chi connectivity index (χ1) is 9.42. The molecule has 2 heterocycles. The van der Waals surface area contributed by atoms with E-state index in [0.29, 0.717) is 18.1 Å². The molecule has 0 saturated heterocycles. The molecule has 5 nitrogen and oxygen atoms in total. The van der Waals surface area contributed by atoms with E-state index in [0.717, 1.165) is 4.88 Å². The summed E-state index contributed by atoms with van der Waals surface area (Å²) in [6.45, 7) is 2.02. The largest absolute Gasteiger partial charge is 0.348 e. The van der Waals surface area contributed by atoms with Crippen LogP contribution in [0.5, 0.6) is 0 Å². The van der Waals surface area contributed by atoms with Crippen molar-refractivity contribution in [1.82, 2.24) is 20.5 Å². The van der Waals surface area contributed by atoms with E-state index in [-0.39, 0.29) is 12.5 Å². The van der Waals surface area contributed by atoms with E-state index < -0.39 is 9.75 Å². The molecule has 1 aliphatic rings. The van der Waals surface area contributed by atoms with Crippen LogP contribution in [0.15, 0.2) is 17.5 Å². The lowest BCUT2D eigenvalue weighted by atomic mass is 10.1. The predicted octanol–water partition coefficient (Wildman–Crippen LogP) is 2.73. The number of amides is 1. The highest BCUT2D eigenvalue weighted by molar-refractivity contribution is 7.13. The summed E-state index contributed by atoms with van der Waals surface area (Å²) >= 11 is 13.5. The maximum absolute atomic E-state index is 12.0. The van der Waals surface area contributed by atoms with Gasteiger partial charge in [0, 0.05) is 0 Å². The van der Waals surface area contributed by atoms with Gasteiger partial charge >= 0.3 is 0 Å². The van der Waals surface area contributed by atoms with Gasteiger partial charge in [0.15, 0.2) is 5.82 Å². The van der Waals surface area contributed by atoms with Gasteiger partial charge in [-0.05, 0) is 24.8 Å². The van der Waals surface area contributed by atoms with E-state index in [9.17, 15) is 4.79 Å². The van der Waals surface area contributed by atoms with E-state index in [1.165, 1.54) is 0 Å². The Morgan fingerprint density at radius 1 is 1.60 bits per heavy atom. The molecule has 0 bridgehead atoms. The molecule has 8 heteroatoms. The molecule has 1 fully saturated rings. The highest BCUT2D eigenvalue weighted by atomic mass is 35.5. The lowest BCUT2D eigenvalue weighted by molar-refractivity contribution is -0.126. The van der Waals surface area contributed by atoms with Crippen LogP contribution in [-0.2, 0) is 11.3 Å². The molecule has 20 heavy (non-hydrogen) atoms. The molecule has 0 radical (unpaired) electrons. The Labute approximate surface area is 129 Å². The zero-order valence-electron chi connectivity index (χ0n) is 10.6. The Morgan fingerprint density at radius 3 is 2.95 bits per heavy atom. The Bertz CT molecular complexity index is 640. The number of alkyl halides is 2. The van der Waals surface area contributed by atoms with E-state index in [1.807, 2.05) is 17.5 Å². The van der Waals surface area contributed by atoms with Crippen molar-refractivity contribution < 1.29 is 4.79 Å². The summed E-state index contributed by atoms with van der Waals surface area (Å²) in [5.41, 5.74) is -0.716. The normalized spacial score (nSPS) is 23.6. The molecular weight excluding hydrogens is 319 g/mol. The van der Waals surface area contributed by atoms with Gasteiger partial charge in [-0.2, -0.15) is 5.10 Å². The first-order valence-electron chi connectivity index (χ1n) is 6.04. The van der Waals surface area contributed by atoms with E-state index in [2.05, 4.69) is 20.5 Å². The number of aromatic nitrogens is 3. The smallest absolute Gasteiger partial charge is 0.229 e. The van der Waals surface area contributed by atoms with Crippen LogP contribution < -0.4 is 5.32 Å². The van der Waals surface area contributed by atoms with Crippen molar-refractivity contribution in [2.45, 2.75) is 24.2 Å². The number of halogens is 2. The molecule has 3 rings (SSSR count). The lowest BCUT2D eigenvalue weighted by Gasteiger charge is -2.11. The van der Waals surface area contributed by atoms with E-state index >= 15 is 0 Å². The monoisotopic (exact) mass is 330 g/mol. The Balaban J connectivity index is 1.61. The zero-order chi connectivity index (χ0) is 14.4. The number of thiophene rings is 1. The quantitative estimate of drug-likeness (QED) is 0.847. The number of nitrogens with zero attached hydrogens (tertiary/aromatic N) is 2. The average molecular weight is 331 g/mol. The fraction of sp³-hybridized carbons (Fsp3) is 0.417. The second kappa shape index (κ2) is 4.72. The van der Waals surface area contributed by atoms with Crippen molar-refractivity contribution in [3.63, 3.8) is 0 Å². The van der Waals surface area contributed by atoms with Gasteiger partial charge in [-0.1, -0.05) is 6.07 Å². The van der Waals surface area contributed by atoms with Crippen molar-refractivity contribution in [3.8, 4) is 10.7 Å². The molecular formula is C12H12Cl2N4OS. The summed E-state index contributed by atoms with van der Waals surface area (Å²) in [6, 6.07) is 3.88. The predicted molar refractivity (Wildman–Crippen MR) is 78.7 cm³/mol. The molecule has 0 aromatic carbocycles. The summed E-state index contributed by atoms with van der Waals surface area (Å²) in [5.74, 6) is 1.06. The Hall–Kier alpha value is -1.11. The third-order valence-corrected chi connectivity index (χ3v) is 5.42. The van der Waals surface area contributed by atoms with E-state index in [1.54, 1.807) is 18.3 Å². The minimum Gasteiger partial charge on any atom is -0.348 e. The van der Waals surface area contributed by atoms with Crippen LogP contribution in [0.4, 0.5) is 0 Å². The number of nitrogens with one attached hydrogen (secondary N) is 2. The van der Waals surface area contributed by atoms with Crippen molar-refractivity contribution >= 4 is 40.4 Å². The molecule has 1 aliphatic carbocycles. The SMILES string of the molecule is C[C@@]1(C(=O)NCc2nc(-c3cccs3)n[nH]2)CC1(Cl)Cl. The van der Waals surface area contributed by atoms with Gasteiger partial charge in [0.05, 0.1) is 16.8 Å². The lowest BCUT2D eigenvalue weighted by Crippen LogP contribution is -2.33. The highest BCUT2D eigenvalue weighted by Gasteiger charge is 2.67. The van der Waals surface area contributed by atoms with Crippen LogP contribution in [0, 0.1) is 5.41 Å². The minimum atomic E-state index is -0.958. The zero-order valence-corrected chi connectivity index (χ0v) is 12.9. The molecule has 1 atom stereocenters. The summed E-state index contributed by atoms with van der Waals surface area (Å²) in [5, 5.41) is 11.7. The fourth-order valence-corrected chi connectivity index (χ4v) is 3.26. The van der Waals surface area contributed by atoms with Gasteiger partial charge in [0.2, 0.25) is 5.91 Å². The standard InChI is InChI=1S/C12H12Cl2N4OS/c1-11(6-12(11,13)14)10(19)15-5-8-16-9(18-17-8)7-3-2-4-20-7/h2-4H,5-6H2,1H3,(H,15,19)(H,16,17,18)/t11-/m0/s1. The van der Waals surface area contributed by atoms with Crippen LogP contribution in [-0.4, -0.2) is 25.4 Å². The summed E-state index contributed by atoms with van der Waals surface area (Å²) in [4.78, 5) is 17.3. The summed E-state index contributed by atoms with van der Waals surface area (Å²) in [7, 11) is 0. The molecule has 2 N–H and O–H groups in total. The molecule has 106 valence electrons. The topological polar surface area (TPSA) is 70.7 Å².